The predicted octanol–water partition coefficient (Wildman–Crippen LogP) is 3.25. The highest BCUT2D eigenvalue weighted by molar-refractivity contribution is 6.31. The fraction of sp³-hybridized carbons (Fsp3) is 0.350. The number of benzene rings is 2. The summed E-state index contributed by atoms with van der Waals surface area (Å²) in [6.45, 7) is 5.18. The highest BCUT2D eigenvalue weighted by atomic mass is 35.5. The van der Waals surface area contributed by atoms with Crippen molar-refractivity contribution in [3.8, 4) is 0 Å². The molecule has 0 bridgehead atoms. The van der Waals surface area contributed by atoms with E-state index >= 15 is 0 Å². The van der Waals surface area contributed by atoms with Crippen molar-refractivity contribution >= 4 is 17.5 Å². The maximum absolute atomic E-state index is 12.7. The van der Waals surface area contributed by atoms with Crippen molar-refractivity contribution in [2.75, 3.05) is 26.2 Å². The van der Waals surface area contributed by atoms with Crippen LogP contribution in [0.1, 0.15) is 30.1 Å². The molecular formula is C20H24ClN3O. The van der Waals surface area contributed by atoms with Crippen molar-refractivity contribution < 1.29 is 4.79 Å². The van der Waals surface area contributed by atoms with Gasteiger partial charge in [-0.2, -0.15) is 0 Å². The topological polar surface area (TPSA) is 49.6 Å². The SMILES string of the molecule is CC(c1ccccc1Cl)N1CCN(C(=O)C(N)c2ccccc2)CC1. The lowest BCUT2D eigenvalue weighted by atomic mass is 10.0. The Morgan fingerprint density at radius 3 is 2.24 bits per heavy atom. The molecule has 0 spiro atoms. The number of amides is 1. The van der Waals surface area contributed by atoms with E-state index in [0.717, 1.165) is 29.2 Å². The van der Waals surface area contributed by atoms with E-state index in [1.807, 2.05) is 53.4 Å². The lowest BCUT2D eigenvalue weighted by molar-refractivity contribution is -0.134. The molecule has 1 amide bonds. The van der Waals surface area contributed by atoms with Gasteiger partial charge in [0.25, 0.3) is 0 Å². The normalized spacial score (nSPS) is 18.0. The second kappa shape index (κ2) is 8.00. The zero-order chi connectivity index (χ0) is 17.8. The summed E-state index contributed by atoms with van der Waals surface area (Å²) in [7, 11) is 0. The van der Waals surface area contributed by atoms with E-state index in [2.05, 4.69) is 17.9 Å². The third kappa shape index (κ3) is 4.03. The minimum atomic E-state index is -0.589. The molecule has 2 atom stereocenters. The molecule has 1 saturated heterocycles. The van der Waals surface area contributed by atoms with E-state index in [0.29, 0.717) is 13.1 Å². The van der Waals surface area contributed by atoms with Crippen LogP contribution in [0.2, 0.25) is 5.02 Å². The number of carbonyl (C=O) groups excluding carboxylic acids is 1. The Labute approximate surface area is 154 Å². The van der Waals surface area contributed by atoms with Crippen LogP contribution in [0, 0.1) is 0 Å². The lowest BCUT2D eigenvalue weighted by Crippen LogP contribution is -2.51. The van der Waals surface area contributed by atoms with Crippen LogP contribution in [0.25, 0.3) is 0 Å². The average molecular weight is 358 g/mol. The van der Waals surface area contributed by atoms with Gasteiger partial charge in [-0.1, -0.05) is 60.1 Å². The van der Waals surface area contributed by atoms with Crippen LogP contribution < -0.4 is 5.73 Å². The van der Waals surface area contributed by atoms with Crippen molar-refractivity contribution in [1.29, 1.82) is 0 Å². The van der Waals surface area contributed by atoms with Gasteiger partial charge in [-0.15, -0.1) is 0 Å². The molecule has 2 aromatic carbocycles. The summed E-state index contributed by atoms with van der Waals surface area (Å²) < 4.78 is 0. The molecule has 25 heavy (non-hydrogen) atoms. The van der Waals surface area contributed by atoms with Crippen molar-refractivity contribution in [2.45, 2.75) is 19.0 Å². The van der Waals surface area contributed by atoms with Gasteiger partial charge in [0.15, 0.2) is 0 Å². The second-order valence-electron chi connectivity index (χ2n) is 6.45. The number of nitrogens with zero attached hydrogens (tertiary/aromatic N) is 2. The molecular weight excluding hydrogens is 334 g/mol. The van der Waals surface area contributed by atoms with Gasteiger partial charge in [0.05, 0.1) is 0 Å². The Bertz CT molecular complexity index is 714. The molecule has 2 aromatic rings. The van der Waals surface area contributed by atoms with E-state index < -0.39 is 6.04 Å². The molecule has 0 aliphatic carbocycles. The van der Waals surface area contributed by atoms with Gasteiger partial charge in [-0.3, -0.25) is 9.69 Å². The quantitative estimate of drug-likeness (QED) is 0.913. The smallest absolute Gasteiger partial charge is 0.244 e. The monoisotopic (exact) mass is 357 g/mol. The average Bonchev–Trinajstić information content (AvgIpc) is 2.67. The van der Waals surface area contributed by atoms with Gasteiger partial charge in [0.1, 0.15) is 6.04 Å². The minimum absolute atomic E-state index is 0.00348. The summed E-state index contributed by atoms with van der Waals surface area (Å²) in [4.78, 5) is 16.9. The number of rotatable bonds is 4. The second-order valence-corrected chi connectivity index (χ2v) is 6.85. The van der Waals surface area contributed by atoms with Crippen LogP contribution >= 0.6 is 11.6 Å². The van der Waals surface area contributed by atoms with Crippen LogP contribution in [0.3, 0.4) is 0 Å². The summed E-state index contributed by atoms with van der Waals surface area (Å²) in [6.07, 6.45) is 0. The number of carbonyl (C=O) groups is 1. The Morgan fingerprint density at radius 1 is 1.00 bits per heavy atom. The predicted molar refractivity (Wildman–Crippen MR) is 101 cm³/mol. The summed E-state index contributed by atoms with van der Waals surface area (Å²) in [5.74, 6) is -0.00348. The first kappa shape index (κ1) is 17.9. The third-order valence-electron chi connectivity index (χ3n) is 4.95. The number of hydrogen-bond acceptors (Lipinski definition) is 3. The molecule has 2 unspecified atom stereocenters. The number of nitrogens with two attached hydrogens (primary N) is 1. The maximum atomic E-state index is 12.7. The summed E-state index contributed by atoms with van der Waals surface area (Å²) >= 11 is 6.32. The van der Waals surface area contributed by atoms with Crippen molar-refractivity contribution in [1.82, 2.24) is 9.80 Å². The zero-order valence-corrected chi connectivity index (χ0v) is 15.2. The molecule has 2 N–H and O–H groups in total. The molecule has 0 aromatic heterocycles. The van der Waals surface area contributed by atoms with Crippen LogP contribution in [-0.4, -0.2) is 41.9 Å². The van der Waals surface area contributed by atoms with E-state index in [1.165, 1.54) is 0 Å². The fourth-order valence-electron chi connectivity index (χ4n) is 3.34. The molecule has 0 saturated carbocycles. The first-order valence-corrected chi connectivity index (χ1v) is 9.03. The summed E-state index contributed by atoms with van der Waals surface area (Å²) in [5, 5.41) is 0.791. The number of hydrogen-bond donors (Lipinski definition) is 1. The van der Waals surface area contributed by atoms with Crippen LogP contribution in [0.4, 0.5) is 0 Å². The van der Waals surface area contributed by atoms with Gasteiger partial charge < -0.3 is 10.6 Å². The van der Waals surface area contributed by atoms with Crippen LogP contribution in [-0.2, 0) is 4.79 Å². The zero-order valence-electron chi connectivity index (χ0n) is 14.4. The van der Waals surface area contributed by atoms with E-state index in [4.69, 9.17) is 17.3 Å². The third-order valence-corrected chi connectivity index (χ3v) is 5.30. The van der Waals surface area contributed by atoms with Crippen LogP contribution in [0.15, 0.2) is 54.6 Å². The van der Waals surface area contributed by atoms with Crippen molar-refractivity contribution in [3.63, 3.8) is 0 Å². The standard InChI is InChI=1S/C20H24ClN3O/c1-15(17-9-5-6-10-18(17)21)23-11-13-24(14-12-23)20(25)19(22)16-7-3-2-4-8-16/h2-10,15,19H,11-14,22H2,1H3. The maximum Gasteiger partial charge on any atom is 0.244 e. The van der Waals surface area contributed by atoms with E-state index in [1.54, 1.807) is 0 Å². The molecule has 3 rings (SSSR count). The molecule has 132 valence electrons. The number of piperazine rings is 1. The lowest BCUT2D eigenvalue weighted by Gasteiger charge is -2.39. The minimum Gasteiger partial charge on any atom is -0.338 e. The highest BCUT2D eigenvalue weighted by Crippen LogP contribution is 2.28. The first-order valence-electron chi connectivity index (χ1n) is 8.65. The number of halogens is 1. The largest absolute Gasteiger partial charge is 0.338 e. The van der Waals surface area contributed by atoms with Gasteiger partial charge >= 0.3 is 0 Å². The van der Waals surface area contributed by atoms with Crippen molar-refractivity contribution in [2.24, 2.45) is 5.73 Å². The van der Waals surface area contributed by atoms with Crippen LogP contribution in [0.5, 0.6) is 0 Å². The molecule has 5 heteroatoms. The Kier molecular flexibility index (Phi) is 5.74. The van der Waals surface area contributed by atoms with Gasteiger partial charge in [0.2, 0.25) is 5.91 Å². The van der Waals surface area contributed by atoms with Gasteiger partial charge in [0, 0.05) is 37.2 Å². The molecule has 1 fully saturated rings. The Balaban J connectivity index is 1.60. The molecule has 1 aliphatic rings. The molecule has 1 heterocycles. The summed E-state index contributed by atoms with van der Waals surface area (Å²) in [5.41, 5.74) is 8.14. The van der Waals surface area contributed by atoms with E-state index in [-0.39, 0.29) is 11.9 Å². The summed E-state index contributed by atoms with van der Waals surface area (Å²) in [6, 6.07) is 17.1. The van der Waals surface area contributed by atoms with Gasteiger partial charge in [-0.05, 0) is 24.1 Å². The highest BCUT2D eigenvalue weighted by Gasteiger charge is 2.28. The van der Waals surface area contributed by atoms with Gasteiger partial charge in [-0.25, -0.2) is 0 Å². The molecule has 1 aliphatic heterocycles. The Hall–Kier alpha value is -1.88. The molecule has 0 radical (unpaired) electrons. The van der Waals surface area contributed by atoms with Crippen molar-refractivity contribution in [3.05, 3.63) is 70.7 Å². The first-order chi connectivity index (χ1) is 12.1. The fourth-order valence-corrected chi connectivity index (χ4v) is 3.63. The molecule has 4 nitrogen and oxygen atoms in total. The Morgan fingerprint density at radius 2 is 1.60 bits per heavy atom. The van der Waals surface area contributed by atoms with E-state index in [9.17, 15) is 4.79 Å².